The highest BCUT2D eigenvalue weighted by Gasteiger charge is 2.41. The Morgan fingerprint density at radius 1 is 1.15 bits per heavy atom. The highest BCUT2D eigenvalue weighted by Crippen LogP contribution is 2.37. The molecule has 0 bridgehead atoms. The van der Waals surface area contributed by atoms with Crippen LogP contribution < -0.4 is 5.73 Å². The molecule has 1 amide bonds. The molecule has 0 saturated heterocycles. The van der Waals surface area contributed by atoms with Gasteiger partial charge in [0.05, 0.1) is 5.41 Å². The van der Waals surface area contributed by atoms with E-state index < -0.39 is 0 Å². The number of rotatable bonds is 5. The lowest BCUT2D eigenvalue weighted by molar-refractivity contribution is -0.144. The molecule has 0 aromatic rings. The molecular formula is C17H30N2O. The van der Waals surface area contributed by atoms with Crippen LogP contribution >= 0.6 is 0 Å². The van der Waals surface area contributed by atoms with E-state index >= 15 is 0 Å². The van der Waals surface area contributed by atoms with Crippen molar-refractivity contribution in [2.75, 3.05) is 13.1 Å². The van der Waals surface area contributed by atoms with E-state index in [1.165, 1.54) is 25.7 Å². The predicted octanol–water partition coefficient (Wildman–Crippen LogP) is 3.24. The second kappa shape index (κ2) is 7.26. The van der Waals surface area contributed by atoms with E-state index in [1.54, 1.807) is 0 Å². The van der Waals surface area contributed by atoms with Gasteiger partial charge in [0, 0.05) is 19.1 Å². The van der Waals surface area contributed by atoms with Crippen LogP contribution in [0, 0.1) is 5.41 Å². The predicted molar refractivity (Wildman–Crippen MR) is 83.4 cm³/mol. The Hall–Kier alpha value is -0.830. The van der Waals surface area contributed by atoms with Gasteiger partial charge >= 0.3 is 0 Å². The minimum Gasteiger partial charge on any atom is -0.335 e. The molecule has 0 radical (unpaired) electrons. The maximum absolute atomic E-state index is 13.2. The molecule has 2 N–H and O–H groups in total. The molecule has 20 heavy (non-hydrogen) atoms. The molecule has 2 saturated carbocycles. The average molecular weight is 278 g/mol. The molecule has 2 fully saturated rings. The van der Waals surface area contributed by atoms with Gasteiger partial charge in [-0.3, -0.25) is 4.79 Å². The highest BCUT2D eigenvalue weighted by molar-refractivity contribution is 5.83. The fraction of sp³-hybridized carbons (Fsp3) is 0.824. The van der Waals surface area contributed by atoms with Crippen LogP contribution in [0.3, 0.4) is 0 Å². The maximum atomic E-state index is 13.2. The minimum absolute atomic E-state index is 0.290. The normalized spacial score (nSPS) is 23.2. The van der Waals surface area contributed by atoms with Gasteiger partial charge in [-0.15, -0.1) is 6.58 Å². The van der Waals surface area contributed by atoms with Crippen molar-refractivity contribution in [3.05, 3.63) is 12.7 Å². The van der Waals surface area contributed by atoms with E-state index in [4.69, 9.17) is 5.73 Å². The summed E-state index contributed by atoms with van der Waals surface area (Å²) in [4.78, 5) is 15.3. The van der Waals surface area contributed by atoms with Crippen molar-refractivity contribution >= 4 is 5.91 Å². The summed E-state index contributed by atoms with van der Waals surface area (Å²) < 4.78 is 0. The summed E-state index contributed by atoms with van der Waals surface area (Å²) >= 11 is 0. The summed E-state index contributed by atoms with van der Waals surface area (Å²) in [6.45, 7) is 5.03. The molecular weight excluding hydrogens is 248 g/mol. The first kappa shape index (κ1) is 15.6. The van der Waals surface area contributed by atoms with Crippen LogP contribution in [0.2, 0.25) is 0 Å². The molecule has 2 aliphatic rings. The van der Waals surface area contributed by atoms with Crippen molar-refractivity contribution in [2.45, 2.75) is 70.3 Å². The third-order valence-electron chi connectivity index (χ3n) is 5.26. The molecule has 114 valence electrons. The SMILES string of the molecule is C=CCN(C(=O)C1(CN)CCCCCC1)C1CCCC1. The second-order valence-electron chi connectivity index (χ2n) is 6.58. The molecule has 0 aliphatic heterocycles. The van der Waals surface area contributed by atoms with E-state index in [9.17, 15) is 4.79 Å². The first-order valence-electron chi connectivity index (χ1n) is 8.35. The number of carbonyl (C=O) groups excluding carboxylic acids is 1. The quantitative estimate of drug-likeness (QED) is 0.620. The van der Waals surface area contributed by atoms with E-state index in [0.717, 1.165) is 38.5 Å². The van der Waals surface area contributed by atoms with Crippen molar-refractivity contribution in [2.24, 2.45) is 11.1 Å². The largest absolute Gasteiger partial charge is 0.335 e. The lowest BCUT2D eigenvalue weighted by Crippen LogP contribution is -2.51. The van der Waals surface area contributed by atoms with E-state index in [0.29, 0.717) is 25.0 Å². The van der Waals surface area contributed by atoms with Crippen molar-refractivity contribution in [1.29, 1.82) is 0 Å². The monoisotopic (exact) mass is 278 g/mol. The van der Waals surface area contributed by atoms with Gasteiger partial charge in [-0.05, 0) is 25.7 Å². The van der Waals surface area contributed by atoms with E-state index in [2.05, 4.69) is 11.5 Å². The number of nitrogens with two attached hydrogens (primary N) is 1. The van der Waals surface area contributed by atoms with Gasteiger partial charge in [-0.1, -0.05) is 44.6 Å². The highest BCUT2D eigenvalue weighted by atomic mass is 16.2. The second-order valence-corrected chi connectivity index (χ2v) is 6.58. The van der Waals surface area contributed by atoms with Crippen LogP contribution in [0.5, 0.6) is 0 Å². The van der Waals surface area contributed by atoms with Gasteiger partial charge in [-0.25, -0.2) is 0 Å². The summed E-state index contributed by atoms with van der Waals surface area (Å²) in [5.74, 6) is 0.314. The molecule has 0 aromatic heterocycles. The number of nitrogens with zero attached hydrogens (tertiary/aromatic N) is 1. The van der Waals surface area contributed by atoms with Gasteiger partial charge in [0.25, 0.3) is 0 Å². The molecule has 3 nitrogen and oxygen atoms in total. The summed E-state index contributed by atoms with van der Waals surface area (Å²) in [6.07, 6.45) is 13.4. The van der Waals surface area contributed by atoms with Crippen molar-refractivity contribution in [1.82, 2.24) is 4.90 Å². The van der Waals surface area contributed by atoms with Crippen LogP contribution in [0.1, 0.15) is 64.2 Å². The first-order valence-corrected chi connectivity index (χ1v) is 8.35. The number of hydrogen-bond acceptors (Lipinski definition) is 2. The average Bonchev–Trinajstić information content (AvgIpc) is 2.88. The topological polar surface area (TPSA) is 46.3 Å². The lowest BCUT2D eigenvalue weighted by Gasteiger charge is -2.38. The molecule has 0 aromatic carbocycles. The Morgan fingerprint density at radius 2 is 1.75 bits per heavy atom. The smallest absolute Gasteiger partial charge is 0.230 e. The summed E-state index contributed by atoms with van der Waals surface area (Å²) in [5, 5.41) is 0. The Labute approximate surface area is 123 Å². The zero-order valence-corrected chi connectivity index (χ0v) is 12.8. The summed E-state index contributed by atoms with van der Waals surface area (Å²) in [6, 6.07) is 0.423. The van der Waals surface area contributed by atoms with Gasteiger partial charge in [0.15, 0.2) is 0 Å². The third kappa shape index (κ3) is 3.25. The van der Waals surface area contributed by atoms with Crippen molar-refractivity contribution in [3.8, 4) is 0 Å². The van der Waals surface area contributed by atoms with Crippen LogP contribution in [0.4, 0.5) is 0 Å². The molecule has 0 spiro atoms. The first-order chi connectivity index (χ1) is 9.73. The Bertz CT molecular complexity index is 326. The van der Waals surface area contributed by atoms with E-state index in [1.807, 2.05) is 6.08 Å². The zero-order chi connectivity index (χ0) is 14.4. The van der Waals surface area contributed by atoms with Crippen LogP contribution in [0.25, 0.3) is 0 Å². The molecule has 2 aliphatic carbocycles. The van der Waals surface area contributed by atoms with Gasteiger partial charge in [0.2, 0.25) is 5.91 Å². The van der Waals surface area contributed by atoms with Crippen molar-refractivity contribution in [3.63, 3.8) is 0 Å². The Kier molecular flexibility index (Phi) is 5.64. The minimum atomic E-state index is -0.290. The molecule has 3 heteroatoms. The maximum Gasteiger partial charge on any atom is 0.230 e. The van der Waals surface area contributed by atoms with Gasteiger partial charge in [0.1, 0.15) is 0 Å². The fourth-order valence-corrected chi connectivity index (χ4v) is 3.97. The summed E-state index contributed by atoms with van der Waals surface area (Å²) in [5.41, 5.74) is 5.78. The van der Waals surface area contributed by atoms with Crippen LogP contribution in [-0.4, -0.2) is 29.9 Å². The molecule has 0 unspecified atom stereocenters. The zero-order valence-electron chi connectivity index (χ0n) is 12.8. The Balaban J connectivity index is 2.16. The molecule has 2 rings (SSSR count). The standard InChI is InChI=1S/C17H30N2O/c1-2-13-19(15-9-5-6-10-15)16(20)17(14-18)11-7-3-4-8-12-17/h2,15H,1,3-14,18H2. The number of amides is 1. The Morgan fingerprint density at radius 3 is 2.25 bits per heavy atom. The number of hydrogen-bond donors (Lipinski definition) is 1. The fourth-order valence-electron chi connectivity index (χ4n) is 3.97. The van der Waals surface area contributed by atoms with Gasteiger partial charge < -0.3 is 10.6 Å². The van der Waals surface area contributed by atoms with Gasteiger partial charge in [-0.2, -0.15) is 0 Å². The summed E-state index contributed by atoms with van der Waals surface area (Å²) in [7, 11) is 0. The number of carbonyl (C=O) groups is 1. The third-order valence-corrected chi connectivity index (χ3v) is 5.26. The van der Waals surface area contributed by atoms with Crippen molar-refractivity contribution < 1.29 is 4.79 Å². The lowest BCUT2D eigenvalue weighted by atomic mass is 9.78. The molecule has 0 heterocycles. The van der Waals surface area contributed by atoms with E-state index in [-0.39, 0.29) is 5.41 Å². The molecule has 0 atom stereocenters. The van der Waals surface area contributed by atoms with Crippen LogP contribution in [0.15, 0.2) is 12.7 Å². The van der Waals surface area contributed by atoms with Crippen LogP contribution in [-0.2, 0) is 4.79 Å².